The predicted molar refractivity (Wildman–Crippen MR) is 130 cm³/mol. The van der Waals surface area contributed by atoms with E-state index in [-0.39, 0.29) is 11.8 Å². The number of rotatable bonds is 5. The van der Waals surface area contributed by atoms with E-state index in [1.54, 1.807) is 6.33 Å². The quantitative estimate of drug-likeness (QED) is 0.494. The van der Waals surface area contributed by atoms with Crippen LogP contribution in [0.15, 0.2) is 60.9 Å². The van der Waals surface area contributed by atoms with E-state index < -0.39 is 0 Å². The van der Waals surface area contributed by atoms with Crippen LogP contribution >= 0.6 is 0 Å². The molecular weight excluding hydrogens is 412 g/mol. The van der Waals surface area contributed by atoms with Gasteiger partial charge in [-0.3, -0.25) is 4.79 Å². The molecule has 7 nitrogen and oxygen atoms in total. The lowest BCUT2D eigenvalue weighted by Crippen LogP contribution is -2.42. The number of carbonyl (C=O) groups is 1. The molecule has 1 atom stereocenters. The summed E-state index contributed by atoms with van der Waals surface area (Å²) in [5.41, 5.74) is 5.09. The highest BCUT2D eigenvalue weighted by Crippen LogP contribution is 2.31. The Kier molecular flexibility index (Phi) is 5.77. The zero-order valence-corrected chi connectivity index (χ0v) is 19.0. The van der Waals surface area contributed by atoms with Gasteiger partial charge in [-0.05, 0) is 37.8 Å². The van der Waals surface area contributed by atoms with Crippen molar-refractivity contribution < 1.29 is 4.79 Å². The van der Waals surface area contributed by atoms with Gasteiger partial charge in [0.05, 0.1) is 5.92 Å². The third kappa shape index (κ3) is 4.06. The van der Waals surface area contributed by atoms with Gasteiger partial charge >= 0.3 is 0 Å². The predicted octanol–water partition coefficient (Wildman–Crippen LogP) is 4.52. The van der Waals surface area contributed by atoms with E-state index in [2.05, 4.69) is 44.3 Å². The van der Waals surface area contributed by atoms with Crippen LogP contribution in [0.4, 0.5) is 11.5 Å². The number of carbonyl (C=O) groups excluding carboxylic acids is 1. The van der Waals surface area contributed by atoms with Gasteiger partial charge in [-0.25, -0.2) is 4.98 Å². The molecule has 1 amide bonds. The molecule has 1 unspecified atom stereocenters. The number of fused-ring (bicyclic) bond motifs is 1. The van der Waals surface area contributed by atoms with E-state index in [1.807, 2.05) is 53.9 Å². The van der Waals surface area contributed by atoms with Crippen molar-refractivity contribution in [1.29, 1.82) is 0 Å². The molecule has 4 aromatic rings. The molecule has 1 saturated heterocycles. The number of para-hydroxylation sites is 1. The first-order valence-electron chi connectivity index (χ1n) is 11.5. The van der Waals surface area contributed by atoms with Crippen molar-refractivity contribution in [2.24, 2.45) is 5.92 Å². The van der Waals surface area contributed by atoms with Gasteiger partial charge in [0.2, 0.25) is 5.91 Å². The lowest BCUT2D eigenvalue weighted by atomic mass is 9.95. The third-order valence-corrected chi connectivity index (χ3v) is 6.42. The average molecular weight is 441 g/mol. The van der Waals surface area contributed by atoms with Crippen LogP contribution < -0.4 is 10.2 Å². The summed E-state index contributed by atoms with van der Waals surface area (Å²) >= 11 is 0. The summed E-state index contributed by atoms with van der Waals surface area (Å²) in [7, 11) is 0. The molecule has 0 saturated carbocycles. The highest BCUT2D eigenvalue weighted by atomic mass is 16.1. The molecular formula is C26H28N6O. The molecule has 1 aliphatic rings. The number of aromatic nitrogens is 4. The number of piperidine rings is 1. The van der Waals surface area contributed by atoms with Crippen molar-refractivity contribution in [3.63, 3.8) is 0 Å². The van der Waals surface area contributed by atoms with Crippen molar-refractivity contribution >= 4 is 23.2 Å². The minimum Gasteiger partial charge on any atom is -0.355 e. The van der Waals surface area contributed by atoms with Crippen LogP contribution in [0.3, 0.4) is 0 Å². The zero-order chi connectivity index (χ0) is 22.8. The van der Waals surface area contributed by atoms with Crippen molar-refractivity contribution in [2.75, 3.05) is 23.3 Å². The SMILES string of the molecule is CCc1c(C)nc2ncnn2c1N1CCCC(C(=O)Nc2ccccc2-c2ccccc2)C1. The first kappa shape index (κ1) is 21.1. The van der Waals surface area contributed by atoms with Crippen molar-refractivity contribution in [3.05, 3.63) is 72.2 Å². The smallest absolute Gasteiger partial charge is 0.254 e. The molecule has 0 spiro atoms. The topological polar surface area (TPSA) is 75.4 Å². The number of amides is 1. The lowest BCUT2D eigenvalue weighted by molar-refractivity contribution is -0.120. The molecule has 2 aromatic carbocycles. The summed E-state index contributed by atoms with van der Waals surface area (Å²) in [5, 5.41) is 7.64. The first-order valence-corrected chi connectivity index (χ1v) is 11.5. The van der Waals surface area contributed by atoms with Crippen molar-refractivity contribution in [1.82, 2.24) is 19.6 Å². The van der Waals surface area contributed by atoms with E-state index >= 15 is 0 Å². The highest BCUT2D eigenvalue weighted by Gasteiger charge is 2.29. The number of nitrogens with zero attached hydrogens (tertiary/aromatic N) is 5. The van der Waals surface area contributed by atoms with E-state index in [4.69, 9.17) is 0 Å². The number of anilines is 2. The molecule has 5 rings (SSSR count). The molecule has 7 heteroatoms. The number of aryl methyl sites for hydroxylation is 1. The lowest BCUT2D eigenvalue weighted by Gasteiger charge is -2.35. The van der Waals surface area contributed by atoms with Gasteiger partial charge in [0.15, 0.2) is 0 Å². The fraction of sp³-hybridized carbons (Fsp3) is 0.308. The number of hydrogen-bond acceptors (Lipinski definition) is 5. The maximum absolute atomic E-state index is 13.4. The number of nitrogens with one attached hydrogen (secondary N) is 1. The van der Waals surface area contributed by atoms with Crippen LogP contribution in [0, 0.1) is 12.8 Å². The number of benzene rings is 2. The van der Waals surface area contributed by atoms with Crippen LogP contribution in [0.2, 0.25) is 0 Å². The van der Waals surface area contributed by atoms with E-state index in [9.17, 15) is 4.79 Å². The van der Waals surface area contributed by atoms with Gasteiger partial charge in [0.1, 0.15) is 12.1 Å². The summed E-state index contributed by atoms with van der Waals surface area (Å²) < 4.78 is 1.82. The fourth-order valence-corrected chi connectivity index (χ4v) is 4.79. The number of hydrogen-bond donors (Lipinski definition) is 1. The van der Waals surface area contributed by atoms with E-state index in [1.165, 1.54) is 0 Å². The molecule has 3 heterocycles. The first-order chi connectivity index (χ1) is 16.2. The monoisotopic (exact) mass is 440 g/mol. The maximum atomic E-state index is 13.4. The normalized spacial score (nSPS) is 16.2. The van der Waals surface area contributed by atoms with Crippen LogP contribution in [0.5, 0.6) is 0 Å². The molecule has 33 heavy (non-hydrogen) atoms. The Morgan fingerprint density at radius 1 is 1.12 bits per heavy atom. The van der Waals surface area contributed by atoms with Gasteiger partial charge in [0.25, 0.3) is 5.78 Å². The second-order valence-electron chi connectivity index (χ2n) is 8.51. The van der Waals surface area contributed by atoms with Crippen molar-refractivity contribution in [3.8, 4) is 11.1 Å². The fourth-order valence-electron chi connectivity index (χ4n) is 4.79. The molecule has 1 aliphatic heterocycles. The van der Waals surface area contributed by atoms with E-state index in [0.29, 0.717) is 12.3 Å². The molecule has 0 radical (unpaired) electrons. The summed E-state index contributed by atoms with van der Waals surface area (Å²) in [6.45, 7) is 5.68. The van der Waals surface area contributed by atoms with Gasteiger partial charge in [-0.2, -0.15) is 14.6 Å². The minimum absolute atomic E-state index is 0.0572. The van der Waals surface area contributed by atoms with Crippen LogP contribution in [-0.4, -0.2) is 38.6 Å². The maximum Gasteiger partial charge on any atom is 0.254 e. The second kappa shape index (κ2) is 9.02. The molecule has 0 bridgehead atoms. The van der Waals surface area contributed by atoms with Gasteiger partial charge < -0.3 is 10.2 Å². The Morgan fingerprint density at radius 3 is 2.73 bits per heavy atom. The average Bonchev–Trinajstić information content (AvgIpc) is 3.32. The summed E-state index contributed by atoms with van der Waals surface area (Å²) in [5.74, 6) is 1.56. The molecule has 2 aromatic heterocycles. The Morgan fingerprint density at radius 2 is 1.91 bits per heavy atom. The largest absolute Gasteiger partial charge is 0.355 e. The van der Waals surface area contributed by atoms with E-state index in [0.717, 1.165) is 59.7 Å². The summed E-state index contributed by atoms with van der Waals surface area (Å²) in [4.78, 5) is 24.5. The zero-order valence-electron chi connectivity index (χ0n) is 19.0. The third-order valence-electron chi connectivity index (χ3n) is 6.42. The molecule has 168 valence electrons. The van der Waals surface area contributed by atoms with Gasteiger partial charge in [0, 0.05) is 35.6 Å². The van der Waals surface area contributed by atoms with Crippen molar-refractivity contribution in [2.45, 2.75) is 33.1 Å². The summed E-state index contributed by atoms with van der Waals surface area (Å²) in [6.07, 6.45) is 4.20. The standard InChI is InChI=1S/C26H28N6O/c1-3-21-18(2)29-26-27-17-28-32(26)25(21)31-15-9-12-20(16-31)24(33)30-23-14-8-7-13-22(23)19-10-5-4-6-11-19/h4-8,10-11,13-14,17,20H,3,9,12,15-16H2,1-2H3,(H,30,33). The Labute approximate surface area is 193 Å². The summed E-state index contributed by atoms with van der Waals surface area (Å²) in [6, 6.07) is 18.1. The van der Waals surface area contributed by atoms with Gasteiger partial charge in [-0.1, -0.05) is 55.5 Å². The van der Waals surface area contributed by atoms with Crippen LogP contribution in [-0.2, 0) is 11.2 Å². The molecule has 1 fully saturated rings. The second-order valence-corrected chi connectivity index (χ2v) is 8.51. The Balaban J connectivity index is 1.41. The minimum atomic E-state index is -0.112. The Hall–Kier alpha value is -3.74. The van der Waals surface area contributed by atoms with Crippen LogP contribution in [0.25, 0.3) is 16.9 Å². The molecule has 0 aliphatic carbocycles. The Bertz CT molecular complexity index is 1280. The molecule has 1 N–H and O–H groups in total. The van der Waals surface area contributed by atoms with Gasteiger partial charge in [-0.15, -0.1) is 0 Å². The highest BCUT2D eigenvalue weighted by molar-refractivity contribution is 5.97. The van der Waals surface area contributed by atoms with Crippen LogP contribution in [0.1, 0.15) is 31.0 Å².